The Morgan fingerprint density at radius 3 is 2.54 bits per heavy atom. The van der Waals surface area contributed by atoms with Gasteiger partial charge in [-0.3, -0.25) is 4.79 Å². The molecule has 0 atom stereocenters. The lowest BCUT2D eigenvalue weighted by molar-refractivity contribution is 0.103. The molecule has 1 aliphatic rings. The Morgan fingerprint density at radius 2 is 1.79 bits per heavy atom. The highest BCUT2D eigenvalue weighted by atomic mass is 19.1. The molecule has 0 saturated carbocycles. The smallest absolute Gasteiger partial charge is 0.212 e. The zero-order valence-electron chi connectivity index (χ0n) is 22.6. The van der Waals surface area contributed by atoms with Gasteiger partial charge in [0.15, 0.2) is 5.82 Å². The van der Waals surface area contributed by atoms with Crippen molar-refractivity contribution in [2.75, 3.05) is 0 Å². The van der Waals surface area contributed by atoms with Gasteiger partial charge in [-0.15, -0.1) is 5.10 Å². The highest BCUT2D eigenvalue weighted by Crippen LogP contribution is 2.38. The molecule has 2 aromatic heterocycles. The van der Waals surface area contributed by atoms with Crippen molar-refractivity contribution < 1.29 is 13.9 Å². The fourth-order valence-electron chi connectivity index (χ4n) is 5.66. The number of carbonyl (C=O) groups excluding carboxylic acids is 1. The molecule has 0 amide bonds. The van der Waals surface area contributed by atoms with E-state index in [4.69, 9.17) is 9.84 Å². The molecule has 0 N–H and O–H groups in total. The molecule has 0 radical (unpaired) electrons. The predicted molar refractivity (Wildman–Crippen MR) is 151 cm³/mol. The van der Waals surface area contributed by atoms with Crippen molar-refractivity contribution in [2.24, 2.45) is 0 Å². The van der Waals surface area contributed by atoms with Gasteiger partial charge in [-0.05, 0) is 67.0 Å². The standard InChI is InChI=1S/C33H32FN3O2/c1-21(2)26-17-12-22(3)19-28(26)39-20-29-35-37-31(32(38)24-9-5-4-6-10-24)30(23-13-15-25(34)16-14-23)27-11-7-8-18-36(29)33(27)37/h4-6,9-10,12-17,19,21H,7-8,11,18,20H2,1-3H3. The molecule has 0 spiro atoms. The first-order valence-corrected chi connectivity index (χ1v) is 13.6. The minimum absolute atomic E-state index is 0.102. The van der Waals surface area contributed by atoms with E-state index in [0.717, 1.165) is 70.8 Å². The zero-order valence-corrected chi connectivity index (χ0v) is 22.6. The van der Waals surface area contributed by atoms with Crippen LogP contribution in [0.5, 0.6) is 5.75 Å². The monoisotopic (exact) mass is 521 g/mol. The van der Waals surface area contributed by atoms with E-state index in [1.54, 1.807) is 12.1 Å². The molecule has 198 valence electrons. The Kier molecular flexibility index (Phi) is 6.55. The molecule has 0 unspecified atom stereocenters. The highest BCUT2D eigenvalue weighted by Gasteiger charge is 2.31. The summed E-state index contributed by atoms with van der Waals surface area (Å²) in [5.74, 6) is 1.58. The molecule has 0 fully saturated rings. The molecule has 6 heteroatoms. The van der Waals surface area contributed by atoms with Gasteiger partial charge < -0.3 is 9.30 Å². The number of ether oxygens (including phenoxy) is 1. The number of aryl methyl sites for hydroxylation is 3. The molecule has 3 heterocycles. The number of halogens is 1. The van der Waals surface area contributed by atoms with Crippen molar-refractivity contribution in [1.82, 2.24) is 14.2 Å². The van der Waals surface area contributed by atoms with E-state index in [2.05, 4.69) is 43.5 Å². The lowest BCUT2D eigenvalue weighted by Gasteiger charge is -2.15. The van der Waals surface area contributed by atoms with Crippen LogP contribution in [0, 0.1) is 12.7 Å². The van der Waals surface area contributed by atoms with Gasteiger partial charge in [0.1, 0.15) is 29.5 Å². The van der Waals surface area contributed by atoms with Crippen LogP contribution in [0.3, 0.4) is 0 Å². The van der Waals surface area contributed by atoms with Crippen molar-refractivity contribution in [3.05, 3.63) is 112 Å². The van der Waals surface area contributed by atoms with Crippen LogP contribution in [0.4, 0.5) is 4.39 Å². The van der Waals surface area contributed by atoms with Crippen LogP contribution in [-0.4, -0.2) is 20.0 Å². The van der Waals surface area contributed by atoms with Gasteiger partial charge in [-0.2, -0.15) is 0 Å². The summed E-state index contributed by atoms with van der Waals surface area (Å²) in [6.07, 6.45) is 2.81. The fourth-order valence-corrected chi connectivity index (χ4v) is 5.66. The maximum atomic E-state index is 14.0. The van der Waals surface area contributed by atoms with Crippen LogP contribution in [0.2, 0.25) is 0 Å². The zero-order chi connectivity index (χ0) is 27.1. The van der Waals surface area contributed by atoms with Crippen LogP contribution in [0.1, 0.15) is 71.2 Å². The average Bonchev–Trinajstić information content (AvgIpc) is 3.34. The third kappa shape index (κ3) is 4.54. The lowest BCUT2D eigenvalue weighted by atomic mass is 9.95. The van der Waals surface area contributed by atoms with E-state index >= 15 is 0 Å². The van der Waals surface area contributed by atoms with Crippen LogP contribution in [0.15, 0.2) is 72.8 Å². The number of hydrogen-bond acceptors (Lipinski definition) is 3. The summed E-state index contributed by atoms with van der Waals surface area (Å²) < 4.78 is 24.3. The van der Waals surface area contributed by atoms with Gasteiger partial charge in [0.2, 0.25) is 5.78 Å². The SMILES string of the molecule is Cc1ccc(C(C)C)c(OCc2nn3c(C(=O)c4ccccc4)c(-c4ccc(F)cc4)c4c3n2CCCC4)c1. The van der Waals surface area contributed by atoms with Gasteiger partial charge in [0, 0.05) is 23.2 Å². The van der Waals surface area contributed by atoms with E-state index in [1.807, 2.05) is 34.8 Å². The van der Waals surface area contributed by atoms with Gasteiger partial charge >= 0.3 is 0 Å². The van der Waals surface area contributed by atoms with Crippen LogP contribution in [0.25, 0.3) is 16.8 Å². The Labute approximate surface area is 227 Å². The number of nitrogens with zero attached hydrogens (tertiary/aromatic N) is 3. The molecule has 0 aliphatic carbocycles. The molecule has 3 aromatic carbocycles. The predicted octanol–water partition coefficient (Wildman–Crippen LogP) is 7.52. The Hall–Kier alpha value is -4.19. The molecular formula is C33H32FN3O2. The Balaban J connectivity index is 1.52. The summed E-state index contributed by atoms with van der Waals surface area (Å²) >= 11 is 0. The van der Waals surface area contributed by atoms with Gasteiger partial charge in [0.25, 0.3) is 0 Å². The van der Waals surface area contributed by atoms with E-state index in [9.17, 15) is 9.18 Å². The van der Waals surface area contributed by atoms with Gasteiger partial charge in [-0.25, -0.2) is 8.91 Å². The fraction of sp³-hybridized carbons (Fsp3) is 0.273. The molecule has 6 rings (SSSR count). The molecule has 5 nitrogen and oxygen atoms in total. The summed E-state index contributed by atoms with van der Waals surface area (Å²) in [6, 6.07) is 22.0. The lowest BCUT2D eigenvalue weighted by Crippen LogP contribution is -2.09. The minimum atomic E-state index is -0.302. The number of benzene rings is 3. The summed E-state index contributed by atoms with van der Waals surface area (Å²) in [6.45, 7) is 7.49. The molecule has 0 bridgehead atoms. The van der Waals surface area contributed by atoms with E-state index in [0.29, 0.717) is 23.8 Å². The molecule has 1 aliphatic heterocycles. The van der Waals surface area contributed by atoms with E-state index < -0.39 is 0 Å². The normalized spacial score (nSPS) is 13.2. The number of rotatable bonds is 7. The summed E-state index contributed by atoms with van der Waals surface area (Å²) in [5.41, 5.74) is 7.09. The number of aromatic nitrogens is 3. The van der Waals surface area contributed by atoms with E-state index in [1.165, 1.54) is 12.1 Å². The van der Waals surface area contributed by atoms with Gasteiger partial charge in [-0.1, -0.05) is 68.4 Å². The Bertz CT molecular complexity index is 1660. The molecule has 0 saturated heterocycles. The summed E-state index contributed by atoms with van der Waals surface area (Å²) in [7, 11) is 0. The number of ketones is 1. The first-order valence-electron chi connectivity index (χ1n) is 13.6. The van der Waals surface area contributed by atoms with Crippen LogP contribution in [-0.2, 0) is 19.6 Å². The first kappa shape index (κ1) is 25.1. The van der Waals surface area contributed by atoms with Crippen molar-refractivity contribution in [1.29, 1.82) is 0 Å². The second kappa shape index (κ2) is 10.2. The highest BCUT2D eigenvalue weighted by molar-refractivity contribution is 6.13. The second-order valence-corrected chi connectivity index (χ2v) is 10.6. The molecule has 5 aromatic rings. The molecule has 39 heavy (non-hydrogen) atoms. The van der Waals surface area contributed by atoms with Crippen LogP contribution < -0.4 is 4.74 Å². The Morgan fingerprint density at radius 1 is 1.03 bits per heavy atom. The van der Waals surface area contributed by atoms with Crippen molar-refractivity contribution >= 4 is 11.4 Å². The van der Waals surface area contributed by atoms with Crippen molar-refractivity contribution in [2.45, 2.75) is 59.1 Å². The number of carbonyl (C=O) groups is 1. The third-order valence-electron chi connectivity index (χ3n) is 7.59. The van der Waals surface area contributed by atoms with Crippen molar-refractivity contribution in [3.63, 3.8) is 0 Å². The number of hydrogen-bond donors (Lipinski definition) is 0. The topological polar surface area (TPSA) is 48.5 Å². The van der Waals surface area contributed by atoms with Crippen molar-refractivity contribution in [3.8, 4) is 16.9 Å². The van der Waals surface area contributed by atoms with Crippen LogP contribution >= 0.6 is 0 Å². The third-order valence-corrected chi connectivity index (χ3v) is 7.59. The minimum Gasteiger partial charge on any atom is -0.485 e. The van der Waals surface area contributed by atoms with Gasteiger partial charge in [0.05, 0.1) is 0 Å². The van der Waals surface area contributed by atoms with E-state index in [-0.39, 0.29) is 11.6 Å². The second-order valence-electron chi connectivity index (χ2n) is 10.6. The largest absolute Gasteiger partial charge is 0.485 e. The molecular weight excluding hydrogens is 489 g/mol. The quantitative estimate of drug-likeness (QED) is 0.208. The maximum absolute atomic E-state index is 14.0. The summed E-state index contributed by atoms with van der Waals surface area (Å²) in [4.78, 5) is 14.0. The average molecular weight is 522 g/mol. The maximum Gasteiger partial charge on any atom is 0.212 e. The first-order chi connectivity index (χ1) is 18.9. The summed E-state index contributed by atoms with van der Waals surface area (Å²) in [5, 5.41) is 5.01.